The quantitative estimate of drug-likeness (QED) is 0.535. The van der Waals surface area contributed by atoms with Crippen molar-refractivity contribution >= 4 is 0 Å². The molecule has 2 aliphatic rings. The zero-order chi connectivity index (χ0) is 8.27. The second-order valence-electron chi connectivity index (χ2n) is 2.97. The predicted molar refractivity (Wildman–Crippen MR) is 44.6 cm³/mol. The molecule has 0 aromatic carbocycles. The zero-order valence-electron chi connectivity index (χ0n) is 7.67. The molecular weight excluding hydrogens is 140 g/mol. The van der Waals surface area contributed by atoms with Crippen LogP contribution in [0.4, 0.5) is 0 Å². The van der Waals surface area contributed by atoms with Gasteiger partial charge in [-0.25, -0.2) is 0 Å². The molecule has 0 bridgehead atoms. The van der Waals surface area contributed by atoms with E-state index in [0.717, 1.165) is 19.6 Å². The Balaban J connectivity index is 0.000000281. The lowest BCUT2D eigenvalue weighted by Gasteiger charge is -2.08. The lowest BCUT2D eigenvalue weighted by Crippen LogP contribution is -2.19. The van der Waals surface area contributed by atoms with Crippen LogP contribution in [0.3, 0.4) is 0 Å². The van der Waals surface area contributed by atoms with Gasteiger partial charge in [0.05, 0.1) is 18.8 Å². The summed E-state index contributed by atoms with van der Waals surface area (Å²) in [6.45, 7) is 7.99. The van der Waals surface area contributed by atoms with Gasteiger partial charge in [-0.1, -0.05) is 20.8 Å². The van der Waals surface area contributed by atoms with Gasteiger partial charge in [0.25, 0.3) is 0 Å². The number of fused-ring (bicyclic) bond motifs is 1. The Morgan fingerprint density at radius 3 is 2.55 bits per heavy atom. The van der Waals surface area contributed by atoms with Crippen molar-refractivity contribution in [2.45, 2.75) is 39.4 Å². The third kappa shape index (κ3) is 1.74. The van der Waals surface area contributed by atoms with Crippen LogP contribution in [-0.4, -0.2) is 25.4 Å². The third-order valence-corrected chi connectivity index (χ3v) is 2.21. The van der Waals surface area contributed by atoms with E-state index in [4.69, 9.17) is 9.47 Å². The molecule has 0 radical (unpaired) electrons. The molecule has 3 atom stereocenters. The molecule has 2 fully saturated rings. The van der Waals surface area contributed by atoms with Gasteiger partial charge in [-0.15, -0.1) is 0 Å². The van der Waals surface area contributed by atoms with Gasteiger partial charge in [0, 0.05) is 12.5 Å². The molecule has 0 amide bonds. The normalized spacial score (nSPS) is 41.2. The first-order valence-electron chi connectivity index (χ1n) is 4.61. The summed E-state index contributed by atoms with van der Waals surface area (Å²) in [5.74, 6) is 0.623. The van der Waals surface area contributed by atoms with E-state index in [0.29, 0.717) is 18.1 Å². The van der Waals surface area contributed by atoms with Crippen molar-refractivity contribution in [3.63, 3.8) is 0 Å². The minimum Gasteiger partial charge on any atom is -0.375 e. The third-order valence-electron chi connectivity index (χ3n) is 2.21. The van der Waals surface area contributed by atoms with Gasteiger partial charge in [-0.2, -0.15) is 0 Å². The molecule has 2 heteroatoms. The van der Waals surface area contributed by atoms with E-state index in [1.165, 1.54) is 0 Å². The SMILES string of the molecule is CC.C[C@H]1CO[C@H]2CCO[C@H]21. The van der Waals surface area contributed by atoms with E-state index in [9.17, 15) is 0 Å². The molecule has 66 valence electrons. The monoisotopic (exact) mass is 158 g/mol. The molecule has 2 saturated heterocycles. The van der Waals surface area contributed by atoms with Crippen LogP contribution in [0.5, 0.6) is 0 Å². The lowest BCUT2D eigenvalue weighted by molar-refractivity contribution is 0.0658. The smallest absolute Gasteiger partial charge is 0.0884 e. The topological polar surface area (TPSA) is 18.5 Å². The van der Waals surface area contributed by atoms with Crippen molar-refractivity contribution in [1.82, 2.24) is 0 Å². The second kappa shape index (κ2) is 4.07. The molecule has 2 heterocycles. The van der Waals surface area contributed by atoms with E-state index in [2.05, 4.69) is 6.92 Å². The fraction of sp³-hybridized carbons (Fsp3) is 1.00. The molecule has 0 aromatic rings. The molecule has 11 heavy (non-hydrogen) atoms. The summed E-state index contributed by atoms with van der Waals surface area (Å²) in [4.78, 5) is 0. The Labute approximate surface area is 68.9 Å². The number of hydrogen-bond acceptors (Lipinski definition) is 2. The van der Waals surface area contributed by atoms with Crippen LogP contribution in [0, 0.1) is 5.92 Å². The average Bonchev–Trinajstić information content (AvgIpc) is 2.60. The first-order valence-corrected chi connectivity index (χ1v) is 4.61. The van der Waals surface area contributed by atoms with Crippen molar-refractivity contribution in [2.24, 2.45) is 5.92 Å². The second-order valence-corrected chi connectivity index (χ2v) is 2.97. The highest BCUT2D eigenvalue weighted by molar-refractivity contribution is 4.86. The van der Waals surface area contributed by atoms with Crippen LogP contribution < -0.4 is 0 Å². The minimum atomic E-state index is 0.421. The van der Waals surface area contributed by atoms with E-state index in [-0.39, 0.29) is 0 Å². The molecule has 2 rings (SSSR count). The summed E-state index contributed by atoms with van der Waals surface area (Å²) in [5, 5.41) is 0. The Morgan fingerprint density at radius 1 is 1.18 bits per heavy atom. The summed E-state index contributed by atoms with van der Waals surface area (Å²) < 4.78 is 10.9. The van der Waals surface area contributed by atoms with Gasteiger partial charge in [0.2, 0.25) is 0 Å². The Morgan fingerprint density at radius 2 is 1.91 bits per heavy atom. The van der Waals surface area contributed by atoms with Crippen LogP contribution in [0.15, 0.2) is 0 Å². The van der Waals surface area contributed by atoms with E-state index in [1.807, 2.05) is 13.8 Å². The standard InChI is InChI=1S/C7H12O2.C2H6/c1-5-4-9-6-2-3-8-7(5)6;1-2/h5-7H,2-4H2,1H3;1-2H3/t5-,6-,7-;/m0./s1. The molecule has 2 aliphatic heterocycles. The number of ether oxygens (including phenoxy) is 2. The summed E-state index contributed by atoms with van der Waals surface area (Å²) in [5.41, 5.74) is 0. The van der Waals surface area contributed by atoms with Crippen molar-refractivity contribution in [1.29, 1.82) is 0 Å². The highest BCUT2D eigenvalue weighted by Gasteiger charge is 2.38. The maximum absolute atomic E-state index is 5.46. The average molecular weight is 158 g/mol. The highest BCUT2D eigenvalue weighted by Crippen LogP contribution is 2.29. The van der Waals surface area contributed by atoms with Crippen molar-refractivity contribution < 1.29 is 9.47 Å². The first-order chi connectivity index (χ1) is 5.38. The van der Waals surface area contributed by atoms with Gasteiger partial charge in [0.15, 0.2) is 0 Å². The van der Waals surface area contributed by atoms with Gasteiger partial charge >= 0.3 is 0 Å². The lowest BCUT2D eigenvalue weighted by atomic mass is 10.1. The van der Waals surface area contributed by atoms with Crippen LogP contribution >= 0.6 is 0 Å². The predicted octanol–water partition coefficient (Wildman–Crippen LogP) is 1.84. The molecule has 0 aromatic heterocycles. The van der Waals surface area contributed by atoms with Crippen LogP contribution in [0.25, 0.3) is 0 Å². The number of rotatable bonds is 0. The Bertz CT molecular complexity index is 114. The first kappa shape index (κ1) is 9.01. The van der Waals surface area contributed by atoms with Gasteiger partial charge in [-0.05, 0) is 6.42 Å². The van der Waals surface area contributed by atoms with Crippen molar-refractivity contribution in [3.05, 3.63) is 0 Å². The molecule has 0 aliphatic carbocycles. The van der Waals surface area contributed by atoms with E-state index >= 15 is 0 Å². The summed E-state index contributed by atoms with van der Waals surface area (Å²) in [6, 6.07) is 0. The fourth-order valence-corrected chi connectivity index (χ4v) is 1.67. The Kier molecular flexibility index (Phi) is 3.34. The van der Waals surface area contributed by atoms with Crippen LogP contribution in [-0.2, 0) is 9.47 Å². The minimum absolute atomic E-state index is 0.421. The summed E-state index contributed by atoms with van der Waals surface area (Å²) in [7, 11) is 0. The fourth-order valence-electron chi connectivity index (χ4n) is 1.67. The van der Waals surface area contributed by atoms with Crippen molar-refractivity contribution in [2.75, 3.05) is 13.2 Å². The summed E-state index contributed by atoms with van der Waals surface area (Å²) in [6.07, 6.45) is 1.96. The van der Waals surface area contributed by atoms with Crippen LogP contribution in [0.1, 0.15) is 27.2 Å². The molecule has 2 nitrogen and oxygen atoms in total. The Hall–Kier alpha value is -0.0800. The maximum atomic E-state index is 5.46. The summed E-state index contributed by atoms with van der Waals surface area (Å²) >= 11 is 0. The van der Waals surface area contributed by atoms with Gasteiger partial charge in [-0.3, -0.25) is 0 Å². The van der Waals surface area contributed by atoms with Gasteiger partial charge < -0.3 is 9.47 Å². The van der Waals surface area contributed by atoms with E-state index < -0.39 is 0 Å². The largest absolute Gasteiger partial charge is 0.375 e. The van der Waals surface area contributed by atoms with Gasteiger partial charge in [0.1, 0.15) is 0 Å². The highest BCUT2D eigenvalue weighted by atomic mass is 16.6. The van der Waals surface area contributed by atoms with Crippen LogP contribution in [0.2, 0.25) is 0 Å². The maximum Gasteiger partial charge on any atom is 0.0884 e. The molecular formula is C9H18O2. The number of hydrogen-bond donors (Lipinski definition) is 0. The van der Waals surface area contributed by atoms with Crippen molar-refractivity contribution in [3.8, 4) is 0 Å². The molecule has 0 N–H and O–H groups in total. The van der Waals surface area contributed by atoms with E-state index in [1.54, 1.807) is 0 Å². The zero-order valence-corrected chi connectivity index (χ0v) is 7.67. The molecule has 0 spiro atoms. The molecule has 0 unspecified atom stereocenters. The molecule has 0 saturated carbocycles.